The Hall–Kier alpha value is -2.25. The van der Waals surface area contributed by atoms with Gasteiger partial charge in [-0.25, -0.2) is 0 Å². The summed E-state index contributed by atoms with van der Waals surface area (Å²) in [5.41, 5.74) is 2.64. The second kappa shape index (κ2) is 7.76. The first-order valence-corrected chi connectivity index (χ1v) is 9.30. The number of nitrogens with zero attached hydrogens (tertiary/aromatic N) is 2. The lowest BCUT2D eigenvalue weighted by Crippen LogP contribution is -2.27. The number of thiophene rings is 1. The molecule has 1 aromatic heterocycles. The summed E-state index contributed by atoms with van der Waals surface area (Å²) < 4.78 is 0. The molecule has 1 fully saturated rings. The maximum absolute atomic E-state index is 12.3. The van der Waals surface area contributed by atoms with Gasteiger partial charge in [-0.05, 0) is 54.3 Å². The van der Waals surface area contributed by atoms with E-state index in [0.717, 1.165) is 24.9 Å². The Morgan fingerprint density at radius 3 is 3.00 bits per heavy atom. The highest BCUT2D eigenvalue weighted by molar-refractivity contribution is 7.07. The third-order valence-corrected chi connectivity index (χ3v) is 5.33. The highest BCUT2D eigenvalue weighted by Gasteiger charge is 2.26. The van der Waals surface area contributed by atoms with Crippen molar-refractivity contribution in [2.75, 3.05) is 18.4 Å². The van der Waals surface area contributed by atoms with Gasteiger partial charge in [-0.2, -0.15) is 11.3 Å². The summed E-state index contributed by atoms with van der Waals surface area (Å²) >= 11 is 1.70. The molecule has 2 aromatic rings. The Labute approximate surface area is 150 Å². The Morgan fingerprint density at radius 2 is 2.28 bits per heavy atom. The first-order chi connectivity index (χ1) is 12.0. The standard InChI is InChI=1S/C18H21N3O3S/c1-13-4-5-15(21(23)24)11-16(13)19-18(22)6-9-20-8-2-3-17(20)14-7-10-25-12-14/h4-5,7,10-12,17H,2-3,6,8-9H2,1H3,(H,19,22). The second-order valence-electron chi connectivity index (χ2n) is 6.31. The van der Waals surface area contributed by atoms with Gasteiger partial charge < -0.3 is 5.32 Å². The number of anilines is 1. The highest BCUT2D eigenvalue weighted by Crippen LogP contribution is 2.33. The first-order valence-electron chi connectivity index (χ1n) is 8.35. The van der Waals surface area contributed by atoms with Gasteiger partial charge >= 0.3 is 0 Å². The van der Waals surface area contributed by atoms with Gasteiger partial charge in [0.25, 0.3) is 5.69 Å². The molecule has 1 N–H and O–H groups in total. The Bertz CT molecular complexity index is 761. The van der Waals surface area contributed by atoms with E-state index in [2.05, 4.69) is 27.0 Å². The number of hydrogen-bond donors (Lipinski definition) is 1. The molecule has 0 aliphatic carbocycles. The Morgan fingerprint density at radius 1 is 1.44 bits per heavy atom. The average Bonchev–Trinajstić information content (AvgIpc) is 3.25. The van der Waals surface area contributed by atoms with Gasteiger partial charge in [-0.3, -0.25) is 19.8 Å². The number of aryl methyl sites for hydroxylation is 1. The molecule has 0 spiro atoms. The minimum atomic E-state index is -0.454. The fraction of sp³-hybridized carbons (Fsp3) is 0.389. The van der Waals surface area contributed by atoms with Crippen molar-refractivity contribution in [3.05, 3.63) is 56.3 Å². The average molecular weight is 359 g/mol. The van der Waals surface area contributed by atoms with Crippen LogP contribution >= 0.6 is 11.3 Å². The number of amides is 1. The molecule has 6 nitrogen and oxygen atoms in total. The summed E-state index contributed by atoms with van der Waals surface area (Å²) in [6, 6.07) is 7.07. The molecule has 1 aliphatic rings. The number of non-ortho nitro benzene ring substituents is 1. The molecule has 1 saturated heterocycles. The molecular weight excluding hydrogens is 338 g/mol. The number of benzene rings is 1. The number of nitrogens with one attached hydrogen (secondary N) is 1. The summed E-state index contributed by atoms with van der Waals surface area (Å²) in [6.07, 6.45) is 2.65. The molecule has 1 amide bonds. The molecule has 3 rings (SSSR count). The van der Waals surface area contributed by atoms with Gasteiger partial charge in [0.1, 0.15) is 0 Å². The summed E-state index contributed by atoms with van der Waals surface area (Å²) in [4.78, 5) is 25.1. The number of nitro groups is 1. The number of hydrogen-bond acceptors (Lipinski definition) is 5. The van der Waals surface area contributed by atoms with E-state index in [9.17, 15) is 14.9 Å². The number of likely N-dealkylation sites (tertiary alicyclic amines) is 1. The monoisotopic (exact) mass is 359 g/mol. The van der Waals surface area contributed by atoms with Crippen LogP contribution in [0.25, 0.3) is 0 Å². The minimum absolute atomic E-state index is 0.0158. The van der Waals surface area contributed by atoms with Crippen molar-refractivity contribution in [3.8, 4) is 0 Å². The van der Waals surface area contributed by atoms with Gasteiger partial charge in [0.15, 0.2) is 0 Å². The van der Waals surface area contributed by atoms with Gasteiger partial charge in [0, 0.05) is 31.1 Å². The Kier molecular flexibility index (Phi) is 5.45. The number of rotatable bonds is 6. The van der Waals surface area contributed by atoms with E-state index >= 15 is 0 Å². The van der Waals surface area contributed by atoms with E-state index < -0.39 is 4.92 Å². The van der Waals surface area contributed by atoms with E-state index in [1.807, 2.05) is 6.92 Å². The van der Waals surface area contributed by atoms with Crippen LogP contribution in [0.2, 0.25) is 0 Å². The first kappa shape index (κ1) is 17.6. The van der Waals surface area contributed by atoms with Crippen molar-refractivity contribution < 1.29 is 9.72 Å². The van der Waals surface area contributed by atoms with Crippen LogP contribution in [0, 0.1) is 17.0 Å². The summed E-state index contributed by atoms with van der Waals surface area (Å²) in [5, 5.41) is 18.0. The second-order valence-corrected chi connectivity index (χ2v) is 7.09. The molecule has 1 atom stereocenters. The molecule has 0 bridgehead atoms. The van der Waals surface area contributed by atoms with Gasteiger partial charge in [-0.1, -0.05) is 6.07 Å². The zero-order valence-electron chi connectivity index (χ0n) is 14.1. The van der Waals surface area contributed by atoms with E-state index in [4.69, 9.17) is 0 Å². The van der Waals surface area contributed by atoms with Crippen molar-refractivity contribution in [2.45, 2.75) is 32.2 Å². The van der Waals surface area contributed by atoms with Crippen molar-refractivity contribution in [1.82, 2.24) is 4.90 Å². The fourth-order valence-corrected chi connectivity index (χ4v) is 3.96. The van der Waals surface area contributed by atoms with Crippen LogP contribution in [0.15, 0.2) is 35.0 Å². The maximum Gasteiger partial charge on any atom is 0.271 e. The van der Waals surface area contributed by atoms with Crippen LogP contribution in [0.5, 0.6) is 0 Å². The van der Waals surface area contributed by atoms with Crippen molar-refractivity contribution in [1.29, 1.82) is 0 Å². The molecular formula is C18H21N3O3S. The van der Waals surface area contributed by atoms with Gasteiger partial charge in [0.05, 0.1) is 10.6 Å². The van der Waals surface area contributed by atoms with Crippen molar-refractivity contribution in [2.24, 2.45) is 0 Å². The van der Waals surface area contributed by atoms with E-state index in [1.54, 1.807) is 17.4 Å². The van der Waals surface area contributed by atoms with Crippen LogP contribution in [-0.2, 0) is 4.79 Å². The normalized spacial score (nSPS) is 17.6. The molecule has 1 aromatic carbocycles. The number of nitro benzene ring substituents is 1. The smallest absolute Gasteiger partial charge is 0.271 e. The molecule has 0 saturated carbocycles. The zero-order valence-corrected chi connectivity index (χ0v) is 14.9. The third kappa shape index (κ3) is 4.24. The van der Waals surface area contributed by atoms with Crippen molar-refractivity contribution >= 4 is 28.6 Å². The predicted molar refractivity (Wildman–Crippen MR) is 98.9 cm³/mol. The minimum Gasteiger partial charge on any atom is -0.326 e. The summed E-state index contributed by atoms with van der Waals surface area (Å²) in [5.74, 6) is -0.112. The number of carbonyl (C=O) groups is 1. The van der Waals surface area contributed by atoms with E-state index in [0.29, 0.717) is 24.7 Å². The lowest BCUT2D eigenvalue weighted by atomic mass is 10.1. The van der Waals surface area contributed by atoms with Crippen LogP contribution in [-0.4, -0.2) is 28.8 Å². The van der Waals surface area contributed by atoms with Crippen LogP contribution in [0.3, 0.4) is 0 Å². The fourth-order valence-electron chi connectivity index (χ4n) is 3.25. The van der Waals surface area contributed by atoms with Gasteiger partial charge in [0.2, 0.25) is 5.91 Å². The SMILES string of the molecule is Cc1ccc([N+](=O)[O-])cc1NC(=O)CCN1CCCC1c1ccsc1. The molecule has 132 valence electrons. The van der Waals surface area contributed by atoms with Crippen LogP contribution in [0.1, 0.15) is 36.4 Å². The molecule has 2 heterocycles. The zero-order chi connectivity index (χ0) is 17.8. The van der Waals surface area contributed by atoms with Crippen LogP contribution in [0.4, 0.5) is 11.4 Å². The lowest BCUT2D eigenvalue weighted by Gasteiger charge is -2.23. The molecule has 7 heteroatoms. The number of carbonyl (C=O) groups excluding carboxylic acids is 1. The van der Waals surface area contributed by atoms with Crippen molar-refractivity contribution in [3.63, 3.8) is 0 Å². The van der Waals surface area contributed by atoms with E-state index in [1.165, 1.54) is 17.7 Å². The molecule has 25 heavy (non-hydrogen) atoms. The summed E-state index contributed by atoms with van der Waals surface area (Å²) in [7, 11) is 0. The van der Waals surface area contributed by atoms with Gasteiger partial charge in [-0.15, -0.1) is 0 Å². The third-order valence-electron chi connectivity index (χ3n) is 4.62. The molecule has 1 aliphatic heterocycles. The highest BCUT2D eigenvalue weighted by atomic mass is 32.1. The lowest BCUT2D eigenvalue weighted by molar-refractivity contribution is -0.384. The largest absolute Gasteiger partial charge is 0.326 e. The summed E-state index contributed by atoms with van der Waals surface area (Å²) in [6.45, 7) is 3.52. The quantitative estimate of drug-likeness (QED) is 0.621. The molecule has 1 unspecified atom stereocenters. The molecule has 0 radical (unpaired) electrons. The van der Waals surface area contributed by atoms with E-state index in [-0.39, 0.29) is 11.6 Å². The maximum atomic E-state index is 12.3. The predicted octanol–water partition coefficient (Wildman–Crippen LogP) is 4.13. The Balaban J connectivity index is 1.58. The van der Waals surface area contributed by atoms with Crippen LogP contribution < -0.4 is 5.32 Å². The topological polar surface area (TPSA) is 75.5 Å².